The normalized spacial score (nSPS) is 10.1. The summed E-state index contributed by atoms with van der Waals surface area (Å²) >= 11 is 3.18. The van der Waals surface area contributed by atoms with Gasteiger partial charge in [0.2, 0.25) is 0 Å². The Morgan fingerprint density at radius 1 is 1.25 bits per heavy atom. The maximum absolute atomic E-state index is 12.1. The third-order valence-electron chi connectivity index (χ3n) is 2.64. The van der Waals surface area contributed by atoms with E-state index in [0.29, 0.717) is 10.2 Å². The number of benzene rings is 1. The molecule has 0 fully saturated rings. The highest BCUT2D eigenvalue weighted by Crippen LogP contribution is 2.19. The van der Waals surface area contributed by atoms with Gasteiger partial charge in [0, 0.05) is 11.8 Å². The predicted octanol–water partition coefficient (Wildman–Crippen LogP) is 3.10. The molecule has 20 heavy (non-hydrogen) atoms. The standard InChI is InChI=1S/C14H11BrN2O3/c1-8-2-3-11(10(6-8)14(19)20)17-13(18)9-4-5-16-12(15)7-9/h2-7H,1H3,(H,17,18)(H,19,20). The average molecular weight is 335 g/mol. The quantitative estimate of drug-likeness (QED) is 0.845. The van der Waals surface area contributed by atoms with E-state index in [1.165, 1.54) is 12.3 Å². The molecular weight excluding hydrogens is 324 g/mol. The van der Waals surface area contributed by atoms with Gasteiger partial charge < -0.3 is 10.4 Å². The Labute approximate surface area is 123 Å². The fourth-order valence-corrected chi connectivity index (χ4v) is 2.05. The number of pyridine rings is 1. The minimum Gasteiger partial charge on any atom is -0.478 e. The molecule has 0 aliphatic rings. The topological polar surface area (TPSA) is 79.3 Å². The summed E-state index contributed by atoms with van der Waals surface area (Å²) in [6, 6.07) is 7.94. The summed E-state index contributed by atoms with van der Waals surface area (Å²) in [7, 11) is 0. The molecule has 1 aromatic carbocycles. The van der Waals surface area contributed by atoms with Gasteiger partial charge in [-0.3, -0.25) is 4.79 Å². The van der Waals surface area contributed by atoms with E-state index in [-0.39, 0.29) is 17.2 Å². The van der Waals surface area contributed by atoms with Crippen LogP contribution in [0, 0.1) is 6.92 Å². The fourth-order valence-electron chi connectivity index (χ4n) is 1.68. The van der Waals surface area contributed by atoms with E-state index in [1.807, 2.05) is 0 Å². The number of aromatic nitrogens is 1. The summed E-state index contributed by atoms with van der Waals surface area (Å²) in [5.41, 5.74) is 1.53. The van der Waals surface area contributed by atoms with E-state index in [0.717, 1.165) is 5.56 Å². The van der Waals surface area contributed by atoms with Crippen molar-refractivity contribution in [3.8, 4) is 0 Å². The summed E-state index contributed by atoms with van der Waals surface area (Å²) in [6.07, 6.45) is 1.49. The van der Waals surface area contributed by atoms with Gasteiger partial charge in [0.05, 0.1) is 11.3 Å². The average Bonchev–Trinajstić information content (AvgIpc) is 2.40. The van der Waals surface area contributed by atoms with Gasteiger partial charge in [-0.15, -0.1) is 0 Å². The number of anilines is 1. The molecule has 0 radical (unpaired) electrons. The van der Waals surface area contributed by atoms with Crippen LogP contribution in [-0.2, 0) is 0 Å². The highest BCUT2D eigenvalue weighted by atomic mass is 79.9. The molecule has 1 heterocycles. The van der Waals surface area contributed by atoms with Gasteiger partial charge in [0.15, 0.2) is 0 Å². The molecule has 0 saturated heterocycles. The first-order valence-corrected chi connectivity index (χ1v) is 6.53. The van der Waals surface area contributed by atoms with Gasteiger partial charge >= 0.3 is 5.97 Å². The molecule has 0 bridgehead atoms. The minimum absolute atomic E-state index is 0.0615. The molecule has 0 aliphatic carbocycles. The van der Waals surface area contributed by atoms with Crippen molar-refractivity contribution in [1.82, 2.24) is 4.98 Å². The largest absolute Gasteiger partial charge is 0.478 e. The summed E-state index contributed by atoms with van der Waals surface area (Å²) in [4.78, 5) is 27.2. The molecule has 6 heteroatoms. The van der Waals surface area contributed by atoms with Gasteiger partial charge in [-0.05, 0) is 47.1 Å². The van der Waals surface area contributed by atoms with E-state index in [1.54, 1.807) is 31.2 Å². The molecule has 0 atom stereocenters. The zero-order chi connectivity index (χ0) is 14.7. The fraction of sp³-hybridized carbons (Fsp3) is 0.0714. The van der Waals surface area contributed by atoms with Crippen molar-refractivity contribution in [2.24, 2.45) is 0 Å². The maximum Gasteiger partial charge on any atom is 0.337 e. The lowest BCUT2D eigenvalue weighted by Gasteiger charge is -2.09. The van der Waals surface area contributed by atoms with Crippen molar-refractivity contribution in [2.75, 3.05) is 5.32 Å². The van der Waals surface area contributed by atoms with Crippen molar-refractivity contribution in [3.05, 3.63) is 57.8 Å². The first-order chi connectivity index (χ1) is 9.47. The first-order valence-electron chi connectivity index (χ1n) is 5.74. The maximum atomic E-state index is 12.1. The number of carboxylic acid groups (broad SMARTS) is 1. The highest BCUT2D eigenvalue weighted by molar-refractivity contribution is 9.10. The van der Waals surface area contributed by atoms with Crippen LogP contribution >= 0.6 is 15.9 Å². The van der Waals surface area contributed by atoms with Crippen LogP contribution in [0.5, 0.6) is 0 Å². The molecule has 2 aromatic rings. The Kier molecular flexibility index (Phi) is 4.14. The smallest absolute Gasteiger partial charge is 0.337 e. The zero-order valence-electron chi connectivity index (χ0n) is 10.6. The molecule has 0 spiro atoms. The van der Waals surface area contributed by atoms with Crippen LogP contribution in [0.15, 0.2) is 41.1 Å². The first kappa shape index (κ1) is 14.2. The molecule has 5 nitrogen and oxygen atoms in total. The number of aryl methyl sites for hydroxylation is 1. The van der Waals surface area contributed by atoms with Crippen LogP contribution in [0.1, 0.15) is 26.3 Å². The summed E-state index contributed by atoms with van der Waals surface area (Å²) in [5, 5.41) is 11.7. The van der Waals surface area contributed by atoms with Crippen LogP contribution in [-0.4, -0.2) is 22.0 Å². The second-order valence-electron chi connectivity index (χ2n) is 4.18. The van der Waals surface area contributed by atoms with Gasteiger partial charge in [-0.1, -0.05) is 11.6 Å². The SMILES string of the molecule is Cc1ccc(NC(=O)c2ccnc(Br)c2)c(C(=O)O)c1. The molecule has 1 aromatic heterocycles. The lowest BCUT2D eigenvalue weighted by atomic mass is 10.1. The van der Waals surface area contributed by atoms with Gasteiger partial charge in [-0.25, -0.2) is 9.78 Å². The van der Waals surface area contributed by atoms with E-state index in [4.69, 9.17) is 5.11 Å². The molecule has 0 aliphatic heterocycles. The van der Waals surface area contributed by atoms with E-state index >= 15 is 0 Å². The van der Waals surface area contributed by atoms with Crippen LogP contribution < -0.4 is 5.32 Å². The number of nitrogens with one attached hydrogen (secondary N) is 1. The lowest BCUT2D eigenvalue weighted by molar-refractivity contribution is 0.0698. The van der Waals surface area contributed by atoms with Crippen LogP contribution in [0.3, 0.4) is 0 Å². The molecule has 102 valence electrons. The zero-order valence-corrected chi connectivity index (χ0v) is 12.1. The number of carbonyl (C=O) groups is 2. The number of amides is 1. The van der Waals surface area contributed by atoms with Crippen molar-refractivity contribution in [1.29, 1.82) is 0 Å². The molecular formula is C14H11BrN2O3. The van der Waals surface area contributed by atoms with E-state index in [2.05, 4.69) is 26.2 Å². The third-order valence-corrected chi connectivity index (χ3v) is 3.08. The van der Waals surface area contributed by atoms with Gasteiger partial charge in [-0.2, -0.15) is 0 Å². The van der Waals surface area contributed by atoms with Crippen molar-refractivity contribution in [3.63, 3.8) is 0 Å². The predicted molar refractivity (Wildman–Crippen MR) is 78.0 cm³/mol. The second-order valence-corrected chi connectivity index (χ2v) is 4.99. The summed E-state index contributed by atoms with van der Waals surface area (Å²) in [6.45, 7) is 1.79. The van der Waals surface area contributed by atoms with Crippen molar-refractivity contribution >= 4 is 33.5 Å². The third kappa shape index (κ3) is 3.21. The number of hydrogen-bond acceptors (Lipinski definition) is 3. The number of halogens is 1. The Morgan fingerprint density at radius 3 is 2.65 bits per heavy atom. The molecule has 0 unspecified atom stereocenters. The monoisotopic (exact) mass is 334 g/mol. The molecule has 0 saturated carbocycles. The van der Waals surface area contributed by atoms with E-state index < -0.39 is 5.97 Å². The number of hydrogen-bond donors (Lipinski definition) is 2. The van der Waals surface area contributed by atoms with Crippen LogP contribution in [0.2, 0.25) is 0 Å². The van der Waals surface area contributed by atoms with Crippen molar-refractivity contribution < 1.29 is 14.7 Å². The summed E-state index contributed by atoms with van der Waals surface area (Å²) < 4.78 is 0.535. The number of carbonyl (C=O) groups excluding carboxylic acids is 1. The Morgan fingerprint density at radius 2 is 2.00 bits per heavy atom. The minimum atomic E-state index is -1.08. The van der Waals surface area contributed by atoms with Crippen LogP contribution in [0.25, 0.3) is 0 Å². The Hall–Kier alpha value is -2.21. The number of nitrogens with zero attached hydrogens (tertiary/aromatic N) is 1. The molecule has 2 rings (SSSR count). The van der Waals surface area contributed by atoms with Gasteiger partial charge in [0.1, 0.15) is 4.60 Å². The molecule has 2 N–H and O–H groups in total. The number of aromatic carboxylic acids is 1. The lowest BCUT2D eigenvalue weighted by Crippen LogP contribution is -2.15. The second kappa shape index (κ2) is 5.83. The highest BCUT2D eigenvalue weighted by Gasteiger charge is 2.14. The van der Waals surface area contributed by atoms with E-state index in [9.17, 15) is 9.59 Å². The Bertz CT molecular complexity index is 686. The van der Waals surface area contributed by atoms with Crippen LogP contribution in [0.4, 0.5) is 5.69 Å². The number of rotatable bonds is 3. The molecule has 1 amide bonds. The number of carboxylic acids is 1. The summed E-state index contributed by atoms with van der Waals surface area (Å²) in [5.74, 6) is -1.47. The van der Waals surface area contributed by atoms with Crippen molar-refractivity contribution in [2.45, 2.75) is 6.92 Å². The van der Waals surface area contributed by atoms with Gasteiger partial charge in [0.25, 0.3) is 5.91 Å². The Balaban J connectivity index is 2.30.